The van der Waals surface area contributed by atoms with Crippen LogP contribution < -0.4 is 4.90 Å². The molecule has 3 rings (SSSR count). The molecule has 0 N–H and O–H groups in total. The average Bonchev–Trinajstić information content (AvgIpc) is 3.17. The van der Waals surface area contributed by atoms with Gasteiger partial charge in [0.2, 0.25) is 0 Å². The first-order chi connectivity index (χ1) is 9.70. The van der Waals surface area contributed by atoms with E-state index in [1.54, 1.807) is 11.6 Å². The Bertz CT molecular complexity index is 597. The highest BCUT2D eigenvalue weighted by Gasteiger charge is 2.33. The van der Waals surface area contributed by atoms with E-state index < -0.39 is 0 Å². The number of ether oxygens (including phenoxy) is 1. The van der Waals surface area contributed by atoms with Crippen molar-refractivity contribution in [2.45, 2.75) is 25.8 Å². The van der Waals surface area contributed by atoms with E-state index in [4.69, 9.17) is 16.3 Å². The fraction of sp³-hybridized carbons (Fsp3) is 0.615. The summed E-state index contributed by atoms with van der Waals surface area (Å²) in [5, 5.41) is 4.69. The zero-order valence-corrected chi connectivity index (χ0v) is 12.4. The van der Waals surface area contributed by atoms with Crippen LogP contribution >= 0.6 is 11.6 Å². The van der Waals surface area contributed by atoms with Gasteiger partial charge in [0, 0.05) is 25.8 Å². The molecule has 0 amide bonds. The molecule has 1 unspecified atom stereocenters. The predicted octanol–water partition coefficient (Wildman–Crippen LogP) is 2.03. The lowest BCUT2D eigenvalue weighted by atomic mass is 10.2. The summed E-state index contributed by atoms with van der Waals surface area (Å²) in [5.74, 6) is 2.18. The first-order valence-corrected chi connectivity index (χ1v) is 7.20. The van der Waals surface area contributed by atoms with Crippen molar-refractivity contribution in [1.82, 2.24) is 19.6 Å². The van der Waals surface area contributed by atoms with Gasteiger partial charge in [0.1, 0.15) is 17.3 Å². The molecule has 0 aromatic carbocycles. The van der Waals surface area contributed by atoms with E-state index >= 15 is 0 Å². The summed E-state index contributed by atoms with van der Waals surface area (Å²) in [5.41, 5.74) is 0. The molecule has 108 valence electrons. The number of hydrogen-bond donors (Lipinski definition) is 0. The van der Waals surface area contributed by atoms with Crippen molar-refractivity contribution in [3.05, 3.63) is 17.5 Å². The van der Waals surface area contributed by atoms with Crippen LogP contribution in [0, 0.1) is 5.92 Å². The van der Waals surface area contributed by atoms with Crippen LogP contribution in [-0.2, 0) is 4.74 Å². The van der Waals surface area contributed by atoms with Gasteiger partial charge in [0.05, 0.1) is 6.61 Å². The molecule has 1 atom stereocenters. The van der Waals surface area contributed by atoms with Gasteiger partial charge < -0.3 is 9.64 Å². The smallest absolute Gasteiger partial charge is 0.255 e. The van der Waals surface area contributed by atoms with Crippen molar-refractivity contribution in [3.63, 3.8) is 0 Å². The Labute approximate surface area is 122 Å². The van der Waals surface area contributed by atoms with Gasteiger partial charge in [0.25, 0.3) is 5.78 Å². The number of methoxy groups -OCH3 is 1. The van der Waals surface area contributed by atoms with Crippen molar-refractivity contribution in [2.24, 2.45) is 5.92 Å². The lowest BCUT2D eigenvalue weighted by molar-refractivity contribution is 0.202. The van der Waals surface area contributed by atoms with Crippen LogP contribution in [0.1, 0.15) is 19.8 Å². The third-order valence-electron chi connectivity index (χ3n) is 3.83. The van der Waals surface area contributed by atoms with Gasteiger partial charge in [-0.2, -0.15) is 19.6 Å². The summed E-state index contributed by atoms with van der Waals surface area (Å²) >= 11 is 6.11. The normalized spacial score (nSPS) is 16.6. The van der Waals surface area contributed by atoms with Gasteiger partial charge in [-0.05, 0) is 25.7 Å². The maximum atomic E-state index is 6.11. The highest BCUT2D eigenvalue weighted by atomic mass is 35.5. The quantitative estimate of drug-likeness (QED) is 0.763. The molecule has 0 aliphatic heterocycles. The van der Waals surface area contributed by atoms with Crippen LogP contribution in [0.3, 0.4) is 0 Å². The fourth-order valence-corrected chi connectivity index (χ4v) is 2.70. The minimum Gasteiger partial charge on any atom is -0.383 e. The lowest BCUT2D eigenvalue weighted by Crippen LogP contribution is -2.38. The average molecular weight is 296 g/mol. The Morgan fingerprint density at radius 2 is 2.35 bits per heavy atom. The molecule has 20 heavy (non-hydrogen) atoms. The zero-order valence-electron chi connectivity index (χ0n) is 11.7. The van der Waals surface area contributed by atoms with Gasteiger partial charge in [-0.15, -0.1) is 0 Å². The molecule has 0 saturated heterocycles. The molecule has 2 aromatic rings. The van der Waals surface area contributed by atoms with Crippen LogP contribution in [0.4, 0.5) is 5.82 Å². The number of rotatable bonds is 6. The molecule has 0 radical (unpaired) electrons. The number of aromatic nitrogens is 4. The standard InChI is InChI=1S/C13H18ClN5O/c1-9(10-3-4-10)18(5-6-20-2)12-7-11(14)17-13-15-8-16-19(12)13/h7-10H,3-6H2,1-2H3. The van der Waals surface area contributed by atoms with E-state index in [2.05, 4.69) is 26.9 Å². The third kappa shape index (κ3) is 2.58. The van der Waals surface area contributed by atoms with Crippen LogP contribution in [0.5, 0.6) is 0 Å². The second-order valence-electron chi connectivity index (χ2n) is 5.17. The monoisotopic (exact) mass is 295 g/mol. The summed E-state index contributed by atoms with van der Waals surface area (Å²) in [7, 11) is 1.71. The Hall–Kier alpha value is -1.40. The second kappa shape index (κ2) is 5.54. The van der Waals surface area contributed by atoms with E-state index in [1.165, 1.54) is 19.2 Å². The molecule has 1 saturated carbocycles. The van der Waals surface area contributed by atoms with Crippen molar-refractivity contribution in [1.29, 1.82) is 0 Å². The van der Waals surface area contributed by atoms with E-state index in [0.29, 0.717) is 23.6 Å². The molecule has 0 spiro atoms. The Morgan fingerprint density at radius 3 is 3.05 bits per heavy atom. The van der Waals surface area contributed by atoms with Crippen LogP contribution in [0.15, 0.2) is 12.4 Å². The largest absolute Gasteiger partial charge is 0.383 e. The number of hydrogen-bond acceptors (Lipinski definition) is 5. The van der Waals surface area contributed by atoms with Gasteiger partial charge in [-0.3, -0.25) is 0 Å². The van der Waals surface area contributed by atoms with Crippen molar-refractivity contribution >= 4 is 23.2 Å². The summed E-state index contributed by atoms with van der Waals surface area (Å²) in [6, 6.07) is 2.27. The van der Waals surface area contributed by atoms with Gasteiger partial charge in [-0.25, -0.2) is 0 Å². The van der Waals surface area contributed by atoms with Crippen LogP contribution in [-0.4, -0.2) is 45.9 Å². The Kier molecular flexibility index (Phi) is 3.76. The number of fused-ring (bicyclic) bond motifs is 1. The van der Waals surface area contributed by atoms with E-state index in [9.17, 15) is 0 Å². The van der Waals surface area contributed by atoms with Crippen LogP contribution in [0.25, 0.3) is 5.78 Å². The highest BCUT2D eigenvalue weighted by Crippen LogP contribution is 2.37. The Morgan fingerprint density at radius 1 is 1.55 bits per heavy atom. The molecule has 7 heteroatoms. The fourth-order valence-electron chi connectivity index (χ4n) is 2.52. The molecule has 6 nitrogen and oxygen atoms in total. The van der Waals surface area contributed by atoms with E-state index in [-0.39, 0.29) is 0 Å². The predicted molar refractivity (Wildman–Crippen MR) is 77.2 cm³/mol. The molecule has 2 heterocycles. The lowest BCUT2D eigenvalue weighted by Gasteiger charge is -2.31. The maximum Gasteiger partial charge on any atom is 0.255 e. The SMILES string of the molecule is COCCN(c1cc(Cl)nc2ncnn12)C(C)C1CC1. The molecular formula is C13H18ClN5O. The van der Waals surface area contributed by atoms with Gasteiger partial charge in [0.15, 0.2) is 0 Å². The zero-order chi connectivity index (χ0) is 14.1. The van der Waals surface area contributed by atoms with E-state index in [1.807, 2.05) is 6.07 Å². The van der Waals surface area contributed by atoms with Crippen molar-refractivity contribution < 1.29 is 4.74 Å². The maximum absolute atomic E-state index is 6.11. The van der Waals surface area contributed by atoms with Gasteiger partial charge >= 0.3 is 0 Å². The molecular weight excluding hydrogens is 278 g/mol. The second-order valence-corrected chi connectivity index (χ2v) is 5.56. The number of halogens is 1. The van der Waals surface area contributed by atoms with E-state index in [0.717, 1.165) is 18.3 Å². The summed E-state index contributed by atoms with van der Waals surface area (Å²) in [6.45, 7) is 3.70. The first kappa shape index (κ1) is 13.6. The molecule has 2 aromatic heterocycles. The molecule has 1 aliphatic rings. The van der Waals surface area contributed by atoms with Crippen molar-refractivity contribution in [2.75, 3.05) is 25.2 Å². The molecule has 0 bridgehead atoms. The van der Waals surface area contributed by atoms with Crippen molar-refractivity contribution in [3.8, 4) is 0 Å². The topological polar surface area (TPSA) is 55.5 Å². The van der Waals surface area contributed by atoms with Crippen LogP contribution in [0.2, 0.25) is 5.15 Å². The Balaban J connectivity index is 2.00. The minimum atomic E-state index is 0.427. The highest BCUT2D eigenvalue weighted by molar-refractivity contribution is 6.29. The number of anilines is 1. The first-order valence-electron chi connectivity index (χ1n) is 6.82. The molecule has 1 fully saturated rings. The third-order valence-corrected chi connectivity index (χ3v) is 4.02. The number of nitrogens with zero attached hydrogens (tertiary/aromatic N) is 5. The summed E-state index contributed by atoms with van der Waals surface area (Å²) in [6.07, 6.45) is 4.06. The molecule has 1 aliphatic carbocycles. The summed E-state index contributed by atoms with van der Waals surface area (Å²) < 4.78 is 6.97. The van der Waals surface area contributed by atoms with Gasteiger partial charge in [-0.1, -0.05) is 11.6 Å². The minimum absolute atomic E-state index is 0.427. The summed E-state index contributed by atoms with van der Waals surface area (Å²) in [4.78, 5) is 10.6.